The van der Waals surface area contributed by atoms with Gasteiger partial charge in [0, 0.05) is 18.2 Å². The number of hydrogen-bond acceptors (Lipinski definition) is 6. The van der Waals surface area contributed by atoms with Gasteiger partial charge in [-0.05, 0) is 56.1 Å². The molecule has 0 aliphatic carbocycles. The molecule has 1 saturated heterocycles. The molecule has 1 fully saturated rings. The van der Waals surface area contributed by atoms with Crippen LogP contribution in [-0.2, 0) is 16.2 Å². The van der Waals surface area contributed by atoms with Crippen molar-refractivity contribution in [1.29, 1.82) is 0 Å². The minimum Gasteiger partial charge on any atom is -0.366 e. The lowest BCUT2D eigenvalue weighted by atomic mass is 10.0. The van der Waals surface area contributed by atoms with Crippen LogP contribution in [0.1, 0.15) is 24.0 Å². The largest absolute Gasteiger partial charge is 0.418 e. The molecule has 0 amide bonds. The molecule has 0 unspecified atom stereocenters. The van der Waals surface area contributed by atoms with Crippen LogP contribution in [0.5, 0.6) is 0 Å². The van der Waals surface area contributed by atoms with Crippen molar-refractivity contribution in [2.75, 3.05) is 23.1 Å². The fraction of sp³-hybridized carbons (Fsp3) is 0.304. The van der Waals surface area contributed by atoms with Crippen LogP contribution in [0.15, 0.2) is 59.6 Å². The number of rotatable bonds is 6. The lowest BCUT2D eigenvalue weighted by molar-refractivity contribution is -0.137. The van der Waals surface area contributed by atoms with E-state index in [-0.39, 0.29) is 28.1 Å². The minimum atomic E-state index is -4.66. The first-order valence-electron chi connectivity index (χ1n) is 10.7. The Kier molecular flexibility index (Phi) is 6.76. The highest BCUT2D eigenvalue weighted by Crippen LogP contribution is 2.38. The van der Waals surface area contributed by atoms with Crippen molar-refractivity contribution in [2.24, 2.45) is 0 Å². The van der Waals surface area contributed by atoms with Gasteiger partial charge in [0.05, 0.1) is 11.3 Å². The first kappa shape index (κ1) is 24.0. The van der Waals surface area contributed by atoms with E-state index >= 15 is 0 Å². The number of halogens is 3. The Morgan fingerprint density at radius 2 is 1.79 bits per heavy atom. The molecule has 180 valence electrons. The summed E-state index contributed by atoms with van der Waals surface area (Å²) in [6, 6.07) is 13.0. The van der Waals surface area contributed by atoms with Crippen LogP contribution in [0.3, 0.4) is 0 Å². The number of aryl methyl sites for hydroxylation is 1. The van der Waals surface area contributed by atoms with Gasteiger partial charge in [0.1, 0.15) is 11.6 Å². The number of nitrogens with zero attached hydrogens (tertiary/aromatic N) is 2. The molecular weight excluding hydrogens is 467 g/mol. The van der Waals surface area contributed by atoms with Gasteiger partial charge in [0.2, 0.25) is 0 Å². The number of pyridine rings is 2. The zero-order valence-corrected chi connectivity index (χ0v) is 19.2. The average molecular weight is 492 g/mol. The smallest absolute Gasteiger partial charge is 0.366 e. The second-order valence-electron chi connectivity index (χ2n) is 8.06. The van der Waals surface area contributed by atoms with Gasteiger partial charge in [0.15, 0.2) is 5.03 Å². The van der Waals surface area contributed by atoms with E-state index in [0.29, 0.717) is 11.4 Å². The number of piperidine rings is 1. The van der Waals surface area contributed by atoms with Crippen molar-refractivity contribution in [3.05, 3.63) is 65.7 Å². The Morgan fingerprint density at radius 1 is 1.00 bits per heavy atom. The Morgan fingerprint density at radius 3 is 2.50 bits per heavy atom. The molecule has 1 aromatic carbocycles. The molecule has 11 heteroatoms. The fourth-order valence-electron chi connectivity index (χ4n) is 3.81. The third kappa shape index (κ3) is 5.48. The minimum absolute atomic E-state index is 0.125. The summed E-state index contributed by atoms with van der Waals surface area (Å²) in [6.45, 7) is 3.35. The van der Waals surface area contributed by atoms with Crippen molar-refractivity contribution in [3.8, 4) is 11.3 Å². The first-order valence-corrected chi connectivity index (χ1v) is 12.2. The Labute approximate surface area is 195 Å². The molecule has 0 bridgehead atoms. The van der Waals surface area contributed by atoms with Gasteiger partial charge in [-0.1, -0.05) is 30.3 Å². The van der Waals surface area contributed by atoms with Crippen molar-refractivity contribution in [2.45, 2.75) is 37.0 Å². The molecule has 7 nitrogen and oxygen atoms in total. The topological polar surface area (TPSA) is 96.0 Å². The van der Waals surface area contributed by atoms with E-state index < -0.39 is 21.8 Å². The highest BCUT2D eigenvalue weighted by molar-refractivity contribution is 7.92. The third-order valence-corrected chi connectivity index (χ3v) is 6.74. The van der Waals surface area contributed by atoms with Crippen molar-refractivity contribution in [3.63, 3.8) is 0 Å². The van der Waals surface area contributed by atoms with E-state index in [0.717, 1.165) is 38.1 Å². The number of anilines is 2. The van der Waals surface area contributed by atoms with Crippen molar-refractivity contribution in [1.82, 2.24) is 15.3 Å². The van der Waals surface area contributed by atoms with Crippen LogP contribution in [0.2, 0.25) is 0 Å². The summed E-state index contributed by atoms with van der Waals surface area (Å²) in [7, 11) is -4.19. The molecule has 3 N–H and O–H groups in total. The number of nitrogens with one attached hydrogen (secondary N) is 3. The van der Waals surface area contributed by atoms with Crippen LogP contribution in [0, 0.1) is 6.92 Å². The molecular formula is C23H24F3N5O2S. The molecule has 0 radical (unpaired) electrons. The number of sulfonamides is 1. The van der Waals surface area contributed by atoms with Gasteiger partial charge >= 0.3 is 6.18 Å². The second-order valence-corrected chi connectivity index (χ2v) is 9.69. The Hall–Kier alpha value is -3.18. The van der Waals surface area contributed by atoms with E-state index in [1.807, 2.05) is 0 Å². The number of benzene rings is 1. The maximum absolute atomic E-state index is 13.6. The first-order chi connectivity index (χ1) is 16.1. The lowest BCUT2D eigenvalue weighted by Gasteiger charge is -2.24. The Balaban J connectivity index is 1.64. The maximum Gasteiger partial charge on any atom is 0.418 e. The molecule has 3 heterocycles. The average Bonchev–Trinajstić information content (AvgIpc) is 2.79. The fourth-order valence-corrected chi connectivity index (χ4v) is 4.78. The van der Waals surface area contributed by atoms with Gasteiger partial charge < -0.3 is 10.6 Å². The standard InChI is InChI=1S/C23H24F3N5O2S/c1-15-6-2-3-8-17(15)22-18(23(24,25)26)11-12-20(30-22)31-34(32,33)21-10-4-9-19(29-21)28-16-7-5-13-27-14-16/h2-4,6,8-12,16,27H,5,7,13-14H2,1H3,(H,28,29)(H,30,31)/t16-/m0/s1. The lowest BCUT2D eigenvalue weighted by Crippen LogP contribution is -2.38. The summed E-state index contributed by atoms with van der Waals surface area (Å²) in [4.78, 5) is 8.22. The highest BCUT2D eigenvalue weighted by Gasteiger charge is 2.35. The van der Waals surface area contributed by atoms with Crippen molar-refractivity contribution >= 4 is 21.7 Å². The van der Waals surface area contributed by atoms with E-state index in [1.54, 1.807) is 37.3 Å². The summed E-state index contributed by atoms with van der Waals surface area (Å²) in [5.41, 5.74) is -0.450. The monoisotopic (exact) mass is 491 g/mol. The van der Waals surface area contributed by atoms with E-state index in [4.69, 9.17) is 0 Å². The molecule has 4 rings (SSSR count). The SMILES string of the molecule is Cc1ccccc1-c1nc(NS(=O)(=O)c2cccc(N[C@H]3CCCNC3)n2)ccc1C(F)(F)F. The molecule has 0 saturated carbocycles. The number of hydrogen-bond donors (Lipinski definition) is 3. The molecule has 34 heavy (non-hydrogen) atoms. The van der Waals surface area contributed by atoms with Crippen molar-refractivity contribution < 1.29 is 21.6 Å². The molecule has 1 aliphatic rings. The molecule has 2 aromatic heterocycles. The normalized spacial score (nSPS) is 16.8. The molecule has 1 aliphatic heterocycles. The second kappa shape index (κ2) is 9.59. The highest BCUT2D eigenvalue weighted by atomic mass is 32.2. The zero-order valence-electron chi connectivity index (χ0n) is 18.4. The summed E-state index contributed by atoms with van der Waals surface area (Å²) in [5, 5.41) is 6.21. The maximum atomic E-state index is 13.6. The van der Waals surface area contributed by atoms with Crippen LogP contribution in [-0.4, -0.2) is 37.5 Å². The quantitative estimate of drug-likeness (QED) is 0.472. The van der Waals surface area contributed by atoms with Crippen LogP contribution < -0.4 is 15.4 Å². The van der Waals surface area contributed by atoms with Crippen LogP contribution >= 0.6 is 0 Å². The predicted octanol–water partition coefficient (Wildman–Crippen LogP) is 4.44. The molecule has 3 aromatic rings. The van der Waals surface area contributed by atoms with E-state index in [9.17, 15) is 21.6 Å². The molecule has 1 atom stereocenters. The summed E-state index contributed by atoms with van der Waals surface area (Å²) < 4.78 is 69.1. The van der Waals surface area contributed by atoms with Crippen LogP contribution in [0.25, 0.3) is 11.3 Å². The number of alkyl halides is 3. The number of aromatic nitrogens is 2. The summed E-state index contributed by atoms with van der Waals surface area (Å²) in [5.74, 6) is 0.167. The third-order valence-electron chi connectivity index (χ3n) is 5.49. The predicted molar refractivity (Wildman–Crippen MR) is 124 cm³/mol. The Bertz CT molecular complexity index is 1280. The van der Waals surface area contributed by atoms with E-state index in [1.165, 1.54) is 12.1 Å². The molecule has 0 spiro atoms. The van der Waals surface area contributed by atoms with Gasteiger partial charge in [0.25, 0.3) is 10.0 Å². The van der Waals surface area contributed by atoms with Gasteiger partial charge in [-0.25, -0.2) is 9.97 Å². The van der Waals surface area contributed by atoms with Gasteiger partial charge in [-0.15, -0.1) is 0 Å². The summed E-state index contributed by atoms with van der Waals surface area (Å²) in [6.07, 6.45) is -2.72. The summed E-state index contributed by atoms with van der Waals surface area (Å²) >= 11 is 0. The zero-order chi connectivity index (χ0) is 24.3. The van der Waals surface area contributed by atoms with E-state index in [2.05, 4.69) is 25.3 Å². The van der Waals surface area contributed by atoms with Gasteiger partial charge in [-0.2, -0.15) is 21.6 Å². The van der Waals surface area contributed by atoms with Gasteiger partial charge in [-0.3, -0.25) is 4.72 Å². The van der Waals surface area contributed by atoms with Crippen LogP contribution in [0.4, 0.5) is 24.8 Å².